The maximum Gasteiger partial charge on any atom is 0.276 e. The lowest BCUT2D eigenvalue weighted by molar-refractivity contribution is -0.276. The SMILES string of the molecule is C[C@@H]1[C@H](Cn2cnc3ccccc32)O[C@H](c2ccc(NC(=O)C(Cl)(Cl)Cl)cc2)O[C@@H]1c1ccc(CO)cc1. The lowest BCUT2D eigenvalue weighted by Crippen LogP contribution is -2.39. The first kappa shape index (κ1) is 26.9. The maximum atomic E-state index is 12.0. The van der Waals surface area contributed by atoms with E-state index in [1.54, 1.807) is 12.1 Å². The minimum absolute atomic E-state index is 0.00948. The van der Waals surface area contributed by atoms with E-state index < -0.39 is 16.0 Å². The quantitative estimate of drug-likeness (QED) is 0.263. The lowest BCUT2D eigenvalue weighted by atomic mass is 9.90. The van der Waals surface area contributed by atoms with Gasteiger partial charge in [-0.15, -0.1) is 0 Å². The van der Waals surface area contributed by atoms with Crippen LogP contribution < -0.4 is 5.32 Å². The van der Waals surface area contributed by atoms with Crippen LogP contribution in [-0.2, 0) is 27.4 Å². The van der Waals surface area contributed by atoms with Gasteiger partial charge in [-0.1, -0.05) is 90.3 Å². The number of aliphatic hydroxyl groups excluding tert-OH is 1. The van der Waals surface area contributed by atoms with Gasteiger partial charge in [-0.25, -0.2) is 4.98 Å². The highest BCUT2D eigenvalue weighted by Crippen LogP contribution is 2.42. The van der Waals surface area contributed by atoms with Crippen molar-refractivity contribution in [2.24, 2.45) is 5.92 Å². The van der Waals surface area contributed by atoms with Gasteiger partial charge in [-0.2, -0.15) is 0 Å². The predicted octanol–water partition coefficient (Wildman–Crippen LogP) is 6.33. The topological polar surface area (TPSA) is 85.6 Å². The predicted molar refractivity (Wildman–Crippen MR) is 148 cm³/mol. The molecule has 1 amide bonds. The molecule has 0 saturated carbocycles. The first-order chi connectivity index (χ1) is 18.2. The van der Waals surface area contributed by atoms with Crippen LogP contribution in [0.3, 0.4) is 0 Å². The molecule has 198 valence electrons. The fourth-order valence-electron chi connectivity index (χ4n) is 4.60. The summed E-state index contributed by atoms with van der Waals surface area (Å²) in [5.41, 5.74) is 5.04. The van der Waals surface area contributed by atoms with Crippen LogP contribution in [0.15, 0.2) is 79.1 Å². The Balaban J connectivity index is 1.42. The number of hydrogen-bond acceptors (Lipinski definition) is 5. The Bertz CT molecular complexity index is 1400. The number of hydrogen-bond donors (Lipinski definition) is 2. The third-order valence-corrected chi connectivity index (χ3v) is 7.24. The number of halogens is 3. The van der Waals surface area contributed by atoms with E-state index in [4.69, 9.17) is 44.3 Å². The highest BCUT2D eigenvalue weighted by Gasteiger charge is 2.39. The molecule has 2 N–H and O–H groups in total. The third-order valence-electron chi connectivity index (χ3n) is 6.73. The number of rotatable bonds is 6. The van der Waals surface area contributed by atoms with Crippen LogP contribution in [0.2, 0.25) is 0 Å². The van der Waals surface area contributed by atoms with Gasteiger partial charge in [0.2, 0.25) is 0 Å². The Morgan fingerprint density at radius 2 is 1.68 bits per heavy atom. The number of nitrogens with zero attached hydrogens (tertiary/aromatic N) is 2. The first-order valence-corrected chi connectivity index (χ1v) is 13.2. The standard InChI is InChI=1S/C28H26Cl3N3O4/c1-17-24(14-34-16-32-22-4-2-3-5-23(22)34)37-26(38-25(17)19-8-6-18(15-35)7-9-19)20-10-12-21(13-11-20)33-27(36)28(29,30)31/h2-13,16-17,24-26,35H,14-15H2,1H3,(H,33,36)/t17-,24+,25+,26+/m1/s1. The molecule has 0 radical (unpaired) electrons. The Kier molecular flexibility index (Phi) is 7.95. The number of aromatic nitrogens is 2. The molecule has 1 aromatic heterocycles. The minimum Gasteiger partial charge on any atom is -0.392 e. The van der Waals surface area contributed by atoms with Gasteiger partial charge in [-0.05, 0) is 35.4 Å². The fraction of sp³-hybridized carbons (Fsp3) is 0.286. The van der Waals surface area contributed by atoms with Gasteiger partial charge in [0.25, 0.3) is 9.70 Å². The molecular weight excluding hydrogens is 549 g/mol. The summed E-state index contributed by atoms with van der Waals surface area (Å²) in [5.74, 6) is -0.733. The molecule has 2 heterocycles. The van der Waals surface area contributed by atoms with E-state index >= 15 is 0 Å². The highest BCUT2D eigenvalue weighted by molar-refractivity contribution is 6.76. The smallest absolute Gasteiger partial charge is 0.276 e. The molecule has 0 spiro atoms. The molecule has 1 saturated heterocycles. The second-order valence-corrected chi connectivity index (χ2v) is 11.6. The number of carbonyl (C=O) groups excluding carboxylic acids is 1. The van der Waals surface area contributed by atoms with Crippen LogP contribution in [0.1, 0.15) is 36.0 Å². The molecule has 1 aliphatic rings. The van der Waals surface area contributed by atoms with Crippen molar-refractivity contribution in [3.8, 4) is 0 Å². The Labute approximate surface area is 235 Å². The van der Waals surface area contributed by atoms with Crippen LogP contribution in [0.5, 0.6) is 0 Å². The van der Waals surface area contributed by atoms with E-state index in [-0.39, 0.29) is 24.7 Å². The summed E-state index contributed by atoms with van der Waals surface area (Å²) >= 11 is 17.0. The van der Waals surface area contributed by atoms with E-state index in [1.807, 2.05) is 67.0 Å². The van der Waals surface area contributed by atoms with Crippen molar-refractivity contribution in [2.75, 3.05) is 5.32 Å². The number of benzene rings is 3. The second-order valence-electron chi connectivity index (χ2n) is 9.28. The van der Waals surface area contributed by atoms with Crippen molar-refractivity contribution in [2.45, 2.75) is 42.4 Å². The van der Waals surface area contributed by atoms with Gasteiger partial charge in [0.1, 0.15) is 0 Å². The van der Waals surface area contributed by atoms with E-state index in [0.29, 0.717) is 12.2 Å². The van der Waals surface area contributed by atoms with Gasteiger partial charge in [0, 0.05) is 17.2 Å². The summed E-state index contributed by atoms with van der Waals surface area (Å²) in [4.78, 5) is 16.5. The van der Waals surface area contributed by atoms with Gasteiger partial charge in [0.15, 0.2) is 6.29 Å². The molecule has 0 unspecified atom stereocenters. The second kappa shape index (κ2) is 11.2. The van der Waals surface area contributed by atoms with Crippen molar-refractivity contribution < 1.29 is 19.4 Å². The Morgan fingerprint density at radius 3 is 2.37 bits per heavy atom. The highest BCUT2D eigenvalue weighted by atomic mass is 35.6. The number of amides is 1. The number of alkyl halides is 3. The lowest BCUT2D eigenvalue weighted by Gasteiger charge is -2.41. The summed E-state index contributed by atoms with van der Waals surface area (Å²) in [6.07, 6.45) is 0.715. The van der Waals surface area contributed by atoms with Crippen LogP contribution in [0.25, 0.3) is 11.0 Å². The first-order valence-electron chi connectivity index (χ1n) is 12.1. The van der Waals surface area contributed by atoms with Crippen molar-refractivity contribution in [1.29, 1.82) is 0 Å². The number of anilines is 1. The molecule has 1 fully saturated rings. The molecule has 1 aliphatic heterocycles. The summed E-state index contributed by atoms with van der Waals surface area (Å²) in [5, 5.41) is 12.0. The average molecular weight is 575 g/mol. The normalized spacial score (nSPS) is 21.9. The summed E-state index contributed by atoms with van der Waals surface area (Å²) in [6, 6.07) is 22.8. The van der Waals surface area contributed by atoms with Crippen molar-refractivity contribution in [1.82, 2.24) is 9.55 Å². The van der Waals surface area contributed by atoms with E-state index in [1.165, 1.54) is 0 Å². The fourth-order valence-corrected chi connectivity index (χ4v) is 4.75. The number of nitrogens with one attached hydrogen (secondary N) is 1. The van der Waals surface area contributed by atoms with E-state index in [0.717, 1.165) is 27.7 Å². The number of imidazole rings is 1. The molecule has 7 nitrogen and oxygen atoms in total. The monoisotopic (exact) mass is 573 g/mol. The van der Waals surface area contributed by atoms with E-state index in [9.17, 15) is 9.90 Å². The Hall–Kier alpha value is -2.65. The zero-order chi connectivity index (χ0) is 26.9. The minimum atomic E-state index is -2.06. The molecular formula is C28H26Cl3N3O4. The van der Waals surface area contributed by atoms with Crippen LogP contribution >= 0.6 is 34.8 Å². The average Bonchev–Trinajstić information content (AvgIpc) is 3.32. The maximum absolute atomic E-state index is 12.0. The van der Waals surface area contributed by atoms with Gasteiger partial charge in [-0.3, -0.25) is 4.79 Å². The number of carbonyl (C=O) groups is 1. The van der Waals surface area contributed by atoms with Gasteiger partial charge >= 0.3 is 0 Å². The van der Waals surface area contributed by atoms with E-state index in [2.05, 4.69) is 21.8 Å². The Morgan fingerprint density at radius 1 is 1.00 bits per heavy atom. The molecule has 38 heavy (non-hydrogen) atoms. The molecule has 4 atom stereocenters. The molecule has 10 heteroatoms. The molecule has 0 aliphatic carbocycles. The van der Waals surface area contributed by atoms with Crippen LogP contribution in [0.4, 0.5) is 5.69 Å². The number of para-hydroxylation sites is 2. The van der Waals surface area contributed by atoms with Crippen molar-refractivity contribution in [3.63, 3.8) is 0 Å². The van der Waals surface area contributed by atoms with Crippen LogP contribution in [0, 0.1) is 5.92 Å². The molecule has 4 aromatic rings. The summed E-state index contributed by atoms with van der Waals surface area (Å²) in [7, 11) is 0. The third kappa shape index (κ3) is 5.83. The number of ether oxygens (including phenoxy) is 2. The van der Waals surface area contributed by atoms with Gasteiger partial charge < -0.3 is 24.5 Å². The summed E-state index contributed by atoms with van der Waals surface area (Å²) < 4.78 is 13.0. The number of aliphatic hydroxyl groups is 1. The van der Waals surface area contributed by atoms with Crippen molar-refractivity contribution in [3.05, 3.63) is 95.8 Å². The number of fused-ring (bicyclic) bond motifs is 1. The zero-order valence-corrected chi connectivity index (χ0v) is 22.7. The molecule has 3 aromatic carbocycles. The molecule has 5 rings (SSSR count). The summed E-state index contributed by atoms with van der Waals surface area (Å²) in [6.45, 7) is 2.68. The van der Waals surface area contributed by atoms with Crippen LogP contribution in [-0.4, -0.2) is 30.5 Å². The largest absolute Gasteiger partial charge is 0.392 e. The van der Waals surface area contributed by atoms with Gasteiger partial charge in [0.05, 0.1) is 42.7 Å². The molecule has 0 bridgehead atoms. The van der Waals surface area contributed by atoms with Crippen molar-refractivity contribution >= 4 is 57.4 Å². The zero-order valence-electron chi connectivity index (χ0n) is 20.4.